The number of nitrogens with zero attached hydrogens (tertiary/aromatic N) is 1. The van der Waals surface area contributed by atoms with Crippen molar-refractivity contribution in [1.29, 1.82) is 0 Å². The molecule has 0 aliphatic carbocycles. The van der Waals surface area contributed by atoms with E-state index in [9.17, 15) is 14.4 Å². The summed E-state index contributed by atoms with van der Waals surface area (Å²) in [6.07, 6.45) is 5.43. The smallest absolute Gasteiger partial charge is 0.308 e. The van der Waals surface area contributed by atoms with Gasteiger partial charge in [-0.1, -0.05) is 32.6 Å². The van der Waals surface area contributed by atoms with Crippen molar-refractivity contribution in [3.63, 3.8) is 0 Å². The molecule has 2 rings (SSSR count). The number of rotatable bonds is 11. The van der Waals surface area contributed by atoms with Crippen molar-refractivity contribution in [2.24, 2.45) is 0 Å². The topological polar surface area (TPSA) is 84.9 Å². The number of hydrogen-bond acceptors (Lipinski definition) is 5. The lowest BCUT2D eigenvalue weighted by molar-refractivity contribution is -0.151. The third kappa shape index (κ3) is 7.35. The summed E-state index contributed by atoms with van der Waals surface area (Å²) in [6.45, 7) is 7.05. The van der Waals surface area contributed by atoms with E-state index in [2.05, 4.69) is 12.2 Å². The zero-order valence-corrected chi connectivity index (χ0v) is 18.3. The van der Waals surface area contributed by atoms with E-state index in [-0.39, 0.29) is 24.3 Å². The van der Waals surface area contributed by atoms with Crippen molar-refractivity contribution < 1.29 is 23.9 Å². The number of hydrogen-bond donors (Lipinski definition) is 1. The van der Waals surface area contributed by atoms with Gasteiger partial charge in [0, 0.05) is 18.7 Å². The van der Waals surface area contributed by atoms with E-state index in [1.807, 2.05) is 0 Å². The highest BCUT2D eigenvalue weighted by Crippen LogP contribution is 2.18. The van der Waals surface area contributed by atoms with Crippen LogP contribution in [0.3, 0.4) is 0 Å². The Hall–Kier alpha value is -2.57. The van der Waals surface area contributed by atoms with Gasteiger partial charge < -0.3 is 19.7 Å². The molecule has 0 aromatic heterocycles. The van der Waals surface area contributed by atoms with Gasteiger partial charge >= 0.3 is 5.97 Å². The molecule has 0 saturated carbocycles. The van der Waals surface area contributed by atoms with Gasteiger partial charge in [0.15, 0.2) is 0 Å². The highest BCUT2D eigenvalue weighted by molar-refractivity contribution is 5.99. The van der Waals surface area contributed by atoms with Crippen LogP contribution in [0.5, 0.6) is 5.75 Å². The summed E-state index contributed by atoms with van der Waals surface area (Å²) in [5.74, 6) is -0.389. The second-order valence-corrected chi connectivity index (χ2v) is 7.84. The largest absolute Gasteiger partial charge is 0.494 e. The molecule has 7 nitrogen and oxygen atoms in total. The average Bonchev–Trinajstić information content (AvgIpc) is 2.71. The molecule has 30 heavy (non-hydrogen) atoms. The Labute approximate surface area is 179 Å². The van der Waals surface area contributed by atoms with E-state index >= 15 is 0 Å². The van der Waals surface area contributed by atoms with Gasteiger partial charge in [0.2, 0.25) is 5.91 Å². The highest BCUT2D eigenvalue weighted by atomic mass is 16.5. The molecule has 1 aliphatic heterocycles. The van der Waals surface area contributed by atoms with Crippen LogP contribution in [-0.2, 0) is 14.3 Å². The number of nitrogens with one attached hydrogen (secondary N) is 1. The summed E-state index contributed by atoms with van der Waals surface area (Å²) in [7, 11) is 0. The number of unbranched alkanes of at least 4 members (excludes halogenated alkanes) is 4. The van der Waals surface area contributed by atoms with Crippen LogP contribution < -0.4 is 10.1 Å². The molecule has 166 valence electrons. The van der Waals surface area contributed by atoms with E-state index in [1.54, 1.807) is 38.1 Å². The molecule has 2 amide bonds. The van der Waals surface area contributed by atoms with Crippen molar-refractivity contribution >= 4 is 17.8 Å². The standard InChI is InChI=1S/C23H34N2O5/c1-4-5-6-7-8-15-29-19-11-9-18(10-12-19)23(28)25-14-13-24-22(27)20(25)16-21(26)30-17(2)3/h9-12,17,20H,4-8,13-16H2,1-3H3,(H,24,27). The molecule has 1 atom stereocenters. The van der Waals surface area contributed by atoms with Crippen LogP contribution in [0.2, 0.25) is 0 Å². The zero-order valence-electron chi connectivity index (χ0n) is 18.3. The van der Waals surface area contributed by atoms with Gasteiger partial charge in [-0.15, -0.1) is 0 Å². The van der Waals surface area contributed by atoms with Crippen LogP contribution in [0.1, 0.15) is 69.7 Å². The maximum atomic E-state index is 13.0. The van der Waals surface area contributed by atoms with Gasteiger partial charge in [-0.2, -0.15) is 0 Å². The Kier molecular flexibility index (Phi) is 9.64. The second-order valence-electron chi connectivity index (χ2n) is 7.84. The van der Waals surface area contributed by atoms with Gasteiger partial charge in [0.05, 0.1) is 19.1 Å². The lowest BCUT2D eigenvalue weighted by Crippen LogP contribution is -2.57. The SMILES string of the molecule is CCCCCCCOc1ccc(C(=O)N2CCNC(=O)C2CC(=O)OC(C)C)cc1. The first kappa shape index (κ1) is 23.7. The van der Waals surface area contributed by atoms with Crippen LogP contribution in [-0.4, -0.2) is 54.5 Å². The van der Waals surface area contributed by atoms with Crippen molar-refractivity contribution in [2.75, 3.05) is 19.7 Å². The first-order chi connectivity index (χ1) is 14.4. The van der Waals surface area contributed by atoms with E-state index in [0.717, 1.165) is 18.6 Å². The van der Waals surface area contributed by atoms with Crippen molar-refractivity contribution in [3.05, 3.63) is 29.8 Å². The van der Waals surface area contributed by atoms with E-state index in [4.69, 9.17) is 9.47 Å². The van der Waals surface area contributed by atoms with E-state index < -0.39 is 12.0 Å². The Balaban J connectivity index is 1.94. The van der Waals surface area contributed by atoms with Crippen LogP contribution in [0.25, 0.3) is 0 Å². The fraction of sp³-hybridized carbons (Fsp3) is 0.609. The van der Waals surface area contributed by atoms with Crippen molar-refractivity contribution in [3.8, 4) is 5.75 Å². The molecule has 1 aromatic rings. The third-order valence-corrected chi connectivity index (χ3v) is 4.94. The van der Waals surface area contributed by atoms with Gasteiger partial charge in [-0.25, -0.2) is 0 Å². The molecule has 1 aromatic carbocycles. The second kappa shape index (κ2) is 12.2. The molecule has 1 heterocycles. The first-order valence-electron chi connectivity index (χ1n) is 10.9. The summed E-state index contributed by atoms with van der Waals surface area (Å²) in [4.78, 5) is 38.8. The Morgan fingerprint density at radius 3 is 2.50 bits per heavy atom. The third-order valence-electron chi connectivity index (χ3n) is 4.94. The predicted octanol–water partition coefficient (Wildman–Crippen LogP) is 3.32. The Morgan fingerprint density at radius 2 is 1.83 bits per heavy atom. The predicted molar refractivity (Wildman–Crippen MR) is 114 cm³/mol. The lowest BCUT2D eigenvalue weighted by atomic mass is 10.1. The van der Waals surface area contributed by atoms with Crippen LogP contribution in [0.4, 0.5) is 0 Å². The van der Waals surface area contributed by atoms with Crippen molar-refractivity contribution in [2.45, 2.75) is 71.4 Å². The molecule has 7 heteroatoms. The van der Waals surface area contributed by atoms with Crippen molar-refractivity contribution in [1.82, 2.24) is 10.2 Å². The van der Waals surface area contributed by atoms with Crippen LogP contribution in [0, 0.1) is 0 Å². The molecule has 1 fully saturated rings. The molecule has 0 radical (unpaired) electrons. The minimum atomic E-state index is -0.864. The van der Waals surface area contributed by atoms with Crippen LogP contribution in [0.15, 0.2) is 24.3 Å². The summed E-state index contributed by atoms with van der Waals surface area (Å²) < 4.78 is 10.9. The van der Waals surface area contributed by atoms with Gasteiger partial charge in [0.25, 0.3) is 5.91 Å². The summed E-state index contributed by atoms with van der Waals surface area (Å²) in [5.41, 5.74) is 0.460. The summed E-state index contributed by atoms with van der Waals surface area (Å²) >= 11 is 0. The fourth-order valence-corrected chi connectivity index (χ4v) is 3.38. The molecule has 1 N–H and O–H groups in total. The monoisotopic (exact) mass is 418 g/mol. The molecule has 1 saturated heterocycles. The van der Waals surface area contributed by atoms with Crippen LogP contribution >= 0.6 is 0 Å². The highest BCUT2D eigenvalue weighted by Gasteiger charge is 2.35. The van der Waals surface area contributed by atoms with E-state index in [1.165, 1.54) is 24.2 Å². The number of carbonyl (C=O) groups is 3. The number of esters is 1. The molecular weight excluding hydrogens is 384 g/mol. The summed E-state index contributed by atoms with van der Waals surface area (Å²) in [5, 5.41) is 2.72. The lowest BCUT2D eigenvalue weighted by Gasteiger charge is -2.34. The zero-order chi connectivity index (χ0) is 21.9. The first-order valence-corrected chi connectivity index (χ1v) is 10.9. The van der Waals surface area contributed by atoms with Gasteiger partial charge in [-0.3, -0.25) is 14.4 Å². The maximum Gasteiger partial charge on any atom is 0.308 e. The molecule has 0 bridgehead atoms. The number of carbonyl (C=O) groups excluding carboxylic acids is 3. The molecule has 0 spiro atoms. The molecule has 1 unspecified atom stereocenters. The Bertz CT molecular complexity index is 702. The average molecular weight is 419 g/mol. The summed E-state index contributed by atoms with van der Waals surface area (Å²) in [6, 6.07) is 6.07. The number of piperazine rings is 1. The minimum absolute atomic E-state index is 0.158. The molecule has 1 aliphatic rings. The normalized spacial score (nSPS) is 16.3. The Morgan fingerprint density at radius 1 is 1.13 bits per heavy atom. The van der Waals surface area contributed by atoms with E-state index in [0.29, 0.717) is 25.3 Å². The van der Waals surface area contributed by atoms with Gasteiger partial charge in [0.1, 0.15) is 11.8 Å². The number of benzene rings is 1. The number of ether oxygens (including phenoxy) is 2. The number of amides is 2. The minimum Gasteiger partial charge on any atom is -0.494 e. The maximum absolute atomic E-state index is 13.0. The van der Waals surface area contributed by atoms with Gasteiger partial charge in [-0.05, 0) is 44.5 Å². The fourth-order valence-electron chi connectivity index (χ4n) is 3.38. The quantitative estimate of drug-likeness (QED) is 0.440. The molecular formula is C23H34N2O5.